The number of nitrogens with two attached hydrogens (primary N) is 1. The Morgan fingerprint density at radius 1 is 1.53 bits per heavy atom. The minimum atomic E-state index is -0.238. The summed E-state index contributed by atoms with van der Waals surface area (Å²) in [6, 6.07) is 4.48. The molecule has 0 bridgehead atoms. The Kier molecular flexibility index (Phi) is 3.17. The molecule has 1 saturated heterocycles. The number of rotatable bonds is 2. The van der Waals surface area contributed by atoms with E-state index >= 15 is 0 Å². The first-order chi connectivity index (χ1) is 7.16. The fraction of sp³-hybridized carbons (Fsp3) is 0.455. The molecule has 2 N–H and O–H groups in total. The number of hydrogen-bond donors (Lipinski definition) is 1. The fourth-order valence-corrected chi connectivity index (χ4v) is 2.84. The van der Waals surface area contributed by atoms with Gasteiger partial charge < -0.3 is 10.5 Å². The number of nitrogen functional groups attached to an aromatic ring is 1. The lowest BCUT2D eigenvalue weighted by Crippen LogP contribution is -2.13. The smallest absolute Gasteiger partial charge is 0.124 e. The Morgan fingerprint density at radius 3 is 3.00 bits per heavy atom. The summed E-state index contributed by atoms with van der Waals surface area (Å²) in [6.45, 7) is 2.83. The van der Waals surface area contributed by atoms with Crippen LogP contribution in [0, 0.1) is 5.82 Å². The molecule has 0 saturated carbocycles. The second kappa shape index (κ2) is 4.41. The van der Waals surface area contributed by atoms with Crippen molar-refractivity contribution in [1.29, 1.82) is 0 Å². The van der Waals surface area contributed by atoms with Gasteiger partial charge in [0.2, 0.25) is 0 Å². The van der Waals surface area contributed by atoms with E-state index in [9.17, 15) is 4.39 Å². The van der Waals surface area contributed by atoms with E-state index in [1.807, 2.05) is 6.92 Å². The van der Waals surface area contributed by atoms with Gasteiger partial charge in [-0.05, 0) is 31.5 Å². The summed E-state index contributed by atoms with van der Waals surface area (Å²) in [5.74, 6) is -0.238. The molecule has 0 aliphatic carbocycles. The molecule has 2 rings (SSSR count). The lowest BCUT2D eigenvalue weighted by atomic mass is 10.3. The third-order valence-corrected chi connectivity index (χ3v) is 4.09. The number of anilines is 1. The molecule has 1 aliphatic rings. The van der Waals surface area contributed by atoms with E-state index in [1.54, 1.807) is 17.8 Å². The monoisotopic (exact) mass is 227 g/mol. The van der Waals surface area contributed by atoms with E-state index in [0.717, 1.165) is 17.9 Å². The van der Waals surface area contributed by atoms with Crippen molar-refractivity contribution in [3.05, 3.63) is 24.0 Å². The first kappa shape index (κ1) is 10.8. The molecule has 2 unspecified atom stereocenters. The average molecular weight is 227 g/mol. The summed E-state index contributed by atoms with van der Waals surface area (Å²) in [6.07, 6.45) is 1.22. The molecule has 0 spiro atoms. The van der Waals surface area contributed by atoms with E-state index < -0.39 is 0 Å². The molecule has 4 heteroatoms. The number of benzene rings is 1. The van der Waals surface area contributed by atoms with E-state index in [0.29, 0.717) is 10.9 Å². The van der Waals surface area contributed by atoms with Crippen LogP contribution in [0.1, 0.15) is 13.3 Å². The van der Waals surface area contributed by atoms with Gasteiger partial charge in [0, 0.05) is 22.4 Å². The van der Waals surface area contributed by atoms with E-state index in [1.165, 1.54) is 12.1 Å². The molecule has 1 aliphatic heterocycles. The van der Waals surface area contributed by atoms with Gasteiger partial charge in [-0.25, -0.2) is 4.39 Å². The molecular formula is C11H14FNOS. The molecule has 2 nitrogen and oxygen atoms in total. The van der Waals surface area contributed by atoms with Crippen LogP contribution in [-0.2, 0) is 4.74 Å². The molecule has 0 aromatic heterocycles. The van der Waals surface area contributed by atoms with Gasteiger partial charge in [0.25, 0.3) is 0 Å². The Morgan fingerprint density at radius 2 is 2.33 bits per heavy atom. The van der Waals surface area contributed by atoms with Crippen LogP contribution in [0.2, 0.25) is 0 Å². The molecule has 15 heavy (non-hydrogen) atoms. The van der Waals surface area contributed by atoms with Gasteiger partial charge in [-0.1, -0.05) is 0 Å². The van der Waals surface area contributed by atoms with Gasteiger partial charge in [0.15, 0.2) is 0 Å². The van der Waals surface area contributed by atoms with Crippen molar-refractivity contribution in [3.8, 4) is 0 Å². The minimum Gasteiger partial charge on any atom is -0.398 e. The molecule has 2 atom stereocenters. The largest absolute Gasteiger partial charge is 0.398 e. The van der Waals surface area contributed by atoms with Crippen molar-refractivity contribution < 1.29 is 9.13 Å². The van der Waals surface area contributed by atoms with Crippen LogP contribution in [0.4, 0.5) is 10.1 Å². The summed E-state index contributed by atoms with van der Waals surface area (Å²) < 4.78 is 18.5. The third-order valence-electron chi connectivity index (χ3n) is 2.56. The average Bonchev–Trinajstić information content (AvgIpc) is 2.58. The van der Waals surface area contributed by atoms with Crippen LogP contribution in [0.15, 0.2) is 23.1 Å². The van der Waals surface area contributed by atoms with Crippen LogP contribution in [-0.4, -0.2) is 18.0 Å². The summed E-state index contributed by atoms with van der Waals surface area (Å²) in [5.41, 5.74) is 6.42. The number of hydrogen-bond acceptors (Lipinski definition) is 3. The first-order valence-electron chi connectivity index (χ1n) is 5.00. The maximum Gasteiger partial charge on any atom is 0.124 e. The lowest BCUT2D eigenvalue weighted by Gasteiger charge is -2.14. The molecule has 0 radical (unpaired) electrons. The maximum absolute atomic E-state index is 13.0. The fourth-order valence-electron chi connectivity index (χ4n) is 1.64. The third kappa shape index (κ3) is 2.44. The van der Waals surface area contributed by atoms with E-state index in [4.69, 9.17) is 10.5 Å². The summed E-state index contributed by atoms with van der Waals surface area (Å²) in [7, 11) is 0. The maximum atomic E-state index is 13.0. The number of halogens is 1. The van der Waals surface area contributed by atoms with Crippen LogP contribution >= 0.6 is 11.8 Å². The van der Waals surface area contributed by atoms with Gasteiger partial charge in [-0.2, -0.15) is 0 Å². The molecular weight excluding hydrogens is 213 g/mol. The molecule has 0 amide bonds. The highest BCUT2D eigenvalue weighted by molar-refractivity contribution is 8.00. The predicted molar refractivity (Wildman–Crippen MR) is 60.5 cm³/mol. The van der Waals surface area contributed by atoms with Crippen LogP contribution in [0.25, 0.3) is 0 Å². The van der Waals surface area contributed by atoms with E-state index in [2.05, 4.69) is 0 Å². The second-order valence-corrected chi connectivity index (χ2v) is 4.98. The second-order valence-electron chi connectivity index (χ2n) is 3.70. The van der Waals surface area contributed by atoms with Gasteiger partial charge in [-0.3, -0.25) is 0 Å². The Bertz CT molecular complexity index is 358. The zero-order chi connectivity index (χ0) is 10.8. The number of thioether (sulfide) groups is 1. The van der Waals surface area contributed by atoms with Crippen molar-refractivity contribution in [1.82, 2.24) is 0 Å². The zero-order valence-corrected chi connectivity index (χ0v) is 9.39. The van der Waals surface area contributed by atoms with Gasteiger partial charge in [0.05, 0.1) is 6.10 Å². The Labute approximate surface area is 93.0 Å². The summed E-state index contributed by atoms with van der Waals surface area (Å²) in [5, 5.41) is 0.383. The Hall–Kier alpha value is -0.740. The quantitative estimate of drug-likeness (QED) is 0.789. The minimum absolute atomic E-state index is 0.220. The van der Waals surface area contributed by atoms with Crippen LogP contribution < -0.4 is 5.73 Å². The summed E-state index contributed by atoms with van der Waals surface area (Å²) >= 11 is 1.61. The van der Waals surface area contributed by atoms with Gasteiger partial charge in [0.1, 0.15) is 5.82 Å². The normalized spacial score (nSPS) is 25.7. The van der Waals surface area contributed by atoms with Gasteiger partial charge >= 0.3 is 0 Å². The predicted octanol–water partition coefficient (Wildman–Crippen LogP) is 2.68. The molecule has 1 fully saturated rings. The molecule has 1 heterocycles. The topological polar surface area (TPSA) is 35.2 Å². The standard InChI is InChI=1S/C11H14FNOS/c1-7-10(4-5-14-7)15-11-6-8(12)2-3-9(11)13/h2-3,6-7,10H,4-5,13H2,1H3. The van der Waals surface area contributed by atoms with E-state index in [-0.39, 0.29) is 11.9 Å². The van der Waals surface area contributed by atoms with Crippen molar-refractivity contribution in [2.75, 3.05) is 12.3 Å². The van der Waals surface area contributed by atoms with Crippen molar-refractivity contribution in [3.63, 3.8) is 0 Å². The van der Waals surface area contributed by atoms with Crippen molar-refractivity contribution in [2.45, 2.75) is 29.6 Å². The first-order valence-corrected chi connectivity index (χ1v) is 5.88. The Balaban J connectivity index is 2.12. The highest BCUT2D eigenvalue weighted by Crippen LogP contribution is 2.35. The zero-order valence-electron chi connectivity index (χ0n) is 8.57. The molecule has 1 aromatic rings. The van der Waals surface area contributed by atoms with Crippen LogP contribution in [0.3, 0.4) is 0 Å². The van der Waals surface area contributed by atoms with Gasteiger partial charge in [-0.15, -0.1) is 11.8 Å². The SMILES string of the molecule is CC1OCCC1Sc1cc(F)ccc1N. The molecule has 82 valence electrons. The summed E-state index contributed by atoms with van der Waals surface area (Å²) in [4.78, 5) is 0.817. The highest BCUT2D eigenvalue weighted by Gasteiger charge is 2.25. The van der Waals surface area contributed by atoms with Crippen LogP contribution in [0.5, 0.6) is 0 Å². The highest BCUT2D eigenvalue weighted by atomic mass is 32.2. The number of ether oxygens (including phenoxy) is 1. The lowest BCUT2D eigenvalue weighted by molar-refractivity contribution is 0.127. The van der Waals surface area contributed by atoms with Crippen molar-refractivity contribution >= 4 is 17.4 Å². The van der Waals surface area contributed by atoms with Crippen molar-refractivity contribution in [2.24, 2.45) is 0 Å². The molecule has 1 aromatic carbocycles.